The first-order chi connectivity index (χ1) is 19.3. The van der Waals surface area contributed by atoms with Crippen LogP contribution in [0.3, 0.4) is 0 Å². The fourth-order valence-electron chi connectivity index (χ4n) is 4.42. The van der Waals surface area contributed by atoms with Crippen molar-refractivity contribution in [2.45, 2.75) is 25.0 Å². The largest absolute Gasteiger partial charge is 0.497 e. The van der Waals surface area contributed by atoms with Gasteiger partial charge in [-0.15, -0.1) is 0 Å². The molecule has 0 radical (unpaired) electrons. The number of nitrogen functional groups attached to an aromatic ring is 1. The number of nitrogens with one attached hydrogen (secondary N) is 1. The molecule has 1 fully saturated rings. The maximum absolute atomic E-state index is 14.2. The smallest absolute Gasteiger partial charge is 0.273 e. The van der Waals surface area contributed by atoms with Crippen LogP contribution in [0.25, 0.3) is 0 Å². The maximum Gasteiger partial charge on any atom is 0.273 e. The summed E-state index contributed by atoms with van der Waals surface area (Å²) in [6.07, 6.45) is 1.59. The summed E-state index contributed by atoms with van der Waals surface area (Å²) in [7, 11) is 4.50. The topological polar surface area (TPSA) is 168 Å². The third-order valence-corrected chi connectivity index (χ3v) is 7.33. The van der Waals surface area contributed by atoms with Crippen molar-refractivity contribution in [1.29, 1.82) is 0 Å². The van der Waals surface area contributed by atoms with Crippen LogP contribution in [0.2, 0.25) is 0 Å². The van der Waals surface area contributed by atoms with Gasteiger partial charge in [-0.05, 0) is 66.3 Å². The fraction of sp³-hybridized carbons (Fsp3) is 0.333. The first-order valence-electron chi connectivity index (χ1n) is 12.4. The second kappa shape index (κ2) is 12.7. The number of amides is 3. The number of ether oxygens (including phenoxy) is 4. The van der Waals surface area contributed by atoms with Gasteiger partial charge in [0.25, 0.3) is 11.8 Å². The van der Waals surface area contributed by atoms with E-state index in [2.05, 4.69) is 9.69 Å². The van der Waals surface area contributed by atoms with Crippen molar-refractivity contribution in [3.63, 3.8) is 0 Å². The first kappa shape index (κ1) is 28.6. The molecular formula is C27H31N5O7S. The zero-order chi connectivity index (χ0) is 28.8. The lowest BCUT2D eigenvalue weighted by Crippen LogP contribution is -2.45. The standard InChI is InChI=1S/C27H31N5O7S/c1-36-17-9-7-16(8-10-17)32(27(35)24-21(28)22(25(29)33)31-40-24)23(26(34)30-14-18-5-4-12-39-18)15-6-11-19(37-2)20(13-15)38-3/h6-11,13,18,23H,4-5,12,14,28H2,1-3H3,(H2,29,33)(H,30,34)/t18-,23+/m0/s1. The second-order valence-corrected chi connectivity index (χ2v) is 9.68. The Morgan fingerprint density at radius 1 is 1.10 bits per heavy atom. The maximum atomic E-state index is 14.2. The molecule has 1 aromatic heterocycles. The molecule has 3 amide bonds. The highest BCUT2D eigenvalue weighted by Gasteiger charge is 2.37. The Hall–Kier alpha value is -4.36. The van der Waals surface area contributed by atoms with Crippen LogP contribution in [0, 0.1) is 0 Å². The molecule has 0 bridgehead atoms. The Bertz CT molecular complexity index is 1370. The normalized spacial score (nSPS) is 15.2. The van der Waals surface area contributed by atoms with E-state index < -0.39 is 23.8 Å². The summed E-state index contributed by atoms with van der Waals surface area (Å²) in [4.78, 5) is 41.2. The van der Waals surface area contributed by atoms with Crippen LogP contribution in [0.15, 0.2) is 42.5 Å². The Morgan fingerprint density at radius 2 is 1.82 bits per heavy atom. The highest BCUT2D eigenvalue weighted by molar-refractivity contribution is 7.09. The number of primary amides is 1. The minimum atomic E-state index is -1.19. The van der Waals surface area contributed by atoms with Gasteiger partial charge in [0.15, 0.2) is 17.2 Å². The molecule has 3 aromatic rings. The van der Waals surface area contributed by atoms with Crippen LogP contribution in [-0.2, 0) is 9.53 Å². The predicted molar refractivity (Wildman–Crippen MR) is 149 cm³/mol. The molecule has 0 aliphatic carbocycles. The van der Waals surface area contributed by atoms with E-state index in [1.807, 2.05) is 0 Å². The molecule has 12 nitrogen and oxygen atoms in total. The van der Waals surface area contributed by atoms with Crippen LogP contribution >= 0.6 is 11.5 Å². The van der Waals surface area contributed by atoms with Crippen molar-refractivity contribution < 1.29 is 33.3 Å². The van der Waals surface area contributed by atoms with Gasteiger partial charge in [0.05, 0.1) is 33.1 Å². The van der Waals surface area contributed by atoms with Gasteiger partial charge in [0.1, 0.15) is 16.7 Å². The molecule has 1 aliphatic rings. The van der Waals surface area contributed by atoms with E-state index in [0.29, 0.717) is 35.1 Å². The average Bonchev–Trinajstić information content (AvgIpc) is 3.63. The lowest BCUT2D eigenvalue weighted by molar-refractivity contribution is -0.123. The van der Waals surface area contributed by atoms with Crippen molar-refractivity contribution in [3.8, 4) is 17.2 Å². The van der Waals surface area contributed by atoms with Gasteiger partial charge >= 0.3 is 0 Å². The second-order valence-electron chi connectivity index (χ2n) is 8.91. The molecule has 40 heavy (non-hydrogen) atoms. The van der Waals surface area contributed by atoms with Gasteiger partial charge < -0.3 is 35.7 Å². The number of aromatic nitrogens is 1. The van der Waals surface area contributed by atoms with Gasteiger partial charge in [-0.2, -0.15) is 4.37 Å². The van der Waals surface area contributed by atoms with E-state index in [4.69, 9.17) is 30.4 Å². The molecule has 4 rings (SSSR count). The monoisotopic (exact) mass is 569 g/mol. The molecule has 1 aliphatic heterocycles. The van der Waals surface area contributed by atoms with Crippen molar-refractivity contribution in [1.82, 2.24) is 9.69 Å². The van der Waals surface area contributed by atoms with Crippen molar-refractivity contribution in [3.05, 3.63) is 58.6 Å². The molecule has 13 heteroatoms. The zero-order valence-corrected chi connectivity index (χ0v) is 23.2. The Labute approximate surface area is 235 Å². The number of hydrogen-bond donors (Lipinski definition) is 3. The summed E-state index contributed by atoms with van der Waals surface area (Å²) in [6.45, 7) is 0.894. The molecule has 1 saturated heterocycles. The van der Waals surface area contributed by atoms with Crippen LogP contribution in [0.5, 0.6) is 17.2 Å². The Kier molecular flexibility index (Phi) is 9.07. The van der Waals surface area contributed by atoms with E-state index in [1.165, 1.54) is 26.2 Å². The number of nitrogens with zero attached hydrogens (tertiary/aromatic N) is 2. The lowest BCUT2D eigenvalue weighted by Gasteiger charge is -2.32. The highest BCUT2D eigenvalue weighted by atomic mass is 32.1. The zero-order valence-electron chi connectivity index (χ0n) is 22.3. The molecule has 0 saturated carbocycles. The average molecular weight is 570 g/mol. The fourth-order valence-corrected chi connectivity index (χ4v) is 5.16. The van der Waals surface area contributed by atoms with E-state index >= 15 is 0 Å². The molecule has 2 atom stereocenters. The van der Waals surface area contributed by atoms with Gasteiger partial charge in [-0.3, -0.25) is 19.3 Å². The number of methoxy groups -OCH3 is 3. The molecular weight excluding hydrogens is 538 g/mol. The number of nitrogens with two attached hydrogens (primary N) is 2. The van der Waals surface area contributed by atoms with Gasteiger partial charge in [0, 0.05) is 18.8 Å². The first-order valence-corrected chi connectivity index (χ1v) is 13.2. The van der Waals surface area contributed by atoms with E-state index in [9.17, 15) is 14.4 Å². The quantitative estimate of drug-likeness (QED) is 0.314. The molecule has 2 heterocycles. The molecule has 0 spiro atoms. The van der Waals surface area contributed by atoms with Crippen molar-refractivity contribution >= 4 is 40.6 Å². The number of benzene rings is 2. The molecule has 2 aromatic carbocycles. The summed E-state index contributed by atoms with van der Waals surface area (Å²) >= 11 is 0.727. The minimum Gasteiger partial charge on any atom is -0.497 e. The summed E-state index contributed by atoms with van der Waals surface area (Å²) in [5.41, 5.74) is 11.9. The number of carbonyl (C=O) groups excluding carboxylic acids is 3. The van der Waals surface area contributed by atoms with E-state index in [-0.39, 0.29) is 28.9 Å². The SMILES string of the molecule is COc1ccc(N(C(=O)c2snc(C(N)=O)c2N)[C@@H](C(=O)NC[C@@H]2CCCO2)c2ccc(OC)c(OC)c2)cc1. The predicted octanol–water partition coefficient (Wildman–Crippen LogP) is 2.53. The number of anilines is 2. The molecule has 212 valence electrons. The Morgan fingerprint density at radius 3 is 2.40 bits per heavy atom. The van der Waals surface area contributed by atoms with Crippen LogP contribution < -0.4 is 35.9 Å². The molecule has 0 unspecified atom stereocenters. The van der Waals surface area contributed by atoms with Crippen molar-refractivity contribution in [2.24, 2.45) is 5.73 Å². The summed E-state index contributed by atoms with van der Waals surface area (Å²) in [6, 6.07) is 10.4. The number of rotatable bonds is 11. The van der Waals surface area contributed by atoms with Crippen LogP contribution in [-0.4, -0.2) is 62.7 Å². The van der Waals surface area contributed by atoms with Crippen LogP contribution in [0.1, 0.15) is 44.6 Å². The van der Waals surface area contributed by atoms with Crippen LogP contribution in [0.4, 0.5) is 11.4 Å². The van der Waals surface area contributed by atoms with Crippen molar-refractivity contribution in [2.75, 3.05) is 45.1 Å². The van der Waals surface area contributed by atoms with Gasteiger partial charge in [0.2, 0.25) is 5.91 Å². The summed E-state index contributed by atoms with van der Waals surface area (Å²) in [5.74, 6) is -0.619. The minimum absolute atomic E-state index is 0.0398. The van der Waals surface area contributed by atoms with E-state index in [1.54, 1.807) is 42.5 Å². The molecule has 5 N–H and O–H groups in total. The summed E-state index contributed by atoms with van der Waals surface area (Å²) < 4.78 is 25.8. The lowest BCUT2D eigenvalue weighted by atomic mass is 10.0. The summed E-state index contributed by atoms with van der Waals surface area (Å²) in [5, 5.41) is 2.93. The van der Waals surface area contributed by atoms with E-state index in [0.717, 1.165) is 24.4 Å². The van der Waals surface area contributed by atoms with Gasteiger partial charge in [-0.25, -0.2) is 0 Å². The third-order valence-electron chi connectivity index (χ3n) is 6.48. The number of carbonyl (C=O) groups is 3. The highest BCUT2D eigenvalue weighted by Crippen LogP contribution is 2.37. The Balaban J connectivity index is 1.85. The third kappa shape index (κ3) is 5.95. The number of hydrogen-bond acceptors (Lipinski definition) is 10. The van der Waals surface area contributed by atoms with Gasteiger partial charge in [-0.1, -0.05) is 6.07 Å².